The first-order valence-corrected chi connectivity index (χ1v) is 8.91. The van der Waals surface area contributed by atoms with Crippen LogP contribution in [0.15, 0.2) is 53.9 Å². The molecule has 27 heavy (non-hydrogen) atoms. The monoisotopic (exact) mass is 352 g/mol. The lowest BCUT2D eigenvalue weighted by atomic mass is 10.1. The summed E-state index contributed by atoms with van der Waals surface area (Å²) < 4.78 is 2.03. The normalized spacial score (nSPS) is 13.3. The number of para-hydroxylation sites is 2. The summed E-state index contributed by atoms with van der Waals surface area (Å²) in [6.07, 6.45) is 8.11. The molecule has 1 aliphatic carbocycles. The van der Waals surface area contributed by atoms with E-state index < -0.39 is 0 Å². The number of fused-ring (bicyclic) bond motifs is 4. The van der Waals surface area contributed by atoms with Gasteiger partial charge in [0.15, 0.2) is 5.65 Å². The summed E-state index contributed by atoms with van der Waals surface area (Å²) in [5, 5.41) is 14.2. The molecule has 4 aromatic rings. The van der Waals surface area contributed by atoms with Crippen LogP contribution in [0.1, 0.15) is 28.7 Å². The Morgan fingerprint density at radius 2 is 2.04 bits per heavy atom. The minimum atomic E-state index is 0.681. The van der Waals surface area contributed by atoms with E-state index in [-0.39, 0.29) is 0 Å². The Morgan fingerprint density at radius 3 is 2.89 bits per heavy atom. The van der Waals surface area contributed by atoms with Crippen molar-refractivity contribution < 1.29 is 0 Å². The van der Waals surface area contributed by atoms with Gasteiger partial charge in [-0.3, -0.25) is 14.8 Å². The van der Waals surface area contributed by atoms with E-state index in [1.807, 2.05) is 40.8 Å². The van der Waals surface area contributed by atoms with Crippen LogP contribution in [0.4, 0.5) is 5.82 Å². The van der Waals surface area contributed by atoms with E-state index in [4.69, 9.17) is 4.98 Å². The second-order valence-corrected chi connectivity index (χ2v) is 6.56. The lowest BCUT2D eigenvalue weighted by molar-refractivity contribution is 0.909. The fourth-order valence-electron chi connectivity index (χ4n) is 3.83. The Balaban J connectivity index is 1.73. The van der Waals surface area contributed by atoms with Crippen LogP contribution < -0.4 is 5.43 Å². The molecule has 0 unspecified atom stereocenters. The number of imidazole rings is 1. The summed E-state index contributed by atoms with van der Waals surface area (Å²) in [4.78, 5) is 8.83. The summed E-state index contributed by atoms with van der Waals surface area (Å²) >= 11 is 0. The van der Waals surface area contributed by atoms with Crippen LogP contribution in [0.25, 0.3) is 16.7 Å². The van der Waals surface area contributed by atoms with Crippen molar-refractivity contribution in [1.82, 2.24) is 14.4 Å². The van der Waals surface area contributed by atoms with E-state index >= 15 is 0 Å². The molecule has 0 spiro atoms. The van der Waals surface area contributed by atoms with Crippen molar-refractivity contribution in [2.75, 3.05) is 5.43 Å². The number of hydrazone groups is 1. The molecule has 5 rings (SSSR count). The summed E-state index contributed by atoms with van der Waals surface area (Å²) in [7, 11) is 0. The van der Waals surface area contributed by atoms with Gasteiger partial charge in [0.2, 0.25) is 0 Å². The molecule has 0 aliphatic heterocycles. The number of nitrogens with one attached hydrogen (secondary N) is 1. The van der Waals surface area contributed by atoms with Crippen LogP contribution in [0, 0.1) is 11.3 Å². The van der Waals surface area contributed by atoms with Gasteiger partial charge in [-0.2, -0.15) is 10.4 Å². The quantitative estimate of drug-likeness (QED) is 0.450. The number of benzene rings is 1. The highest BCUT2D eigenvalue weighted by Crippen LogP contribution is 2.36. The van der Waals surface area contributed by atoms with E-state index in [2.05, 4.69) is 21.6 Å². The molecule has 3 aromatic heterocycles. The largest absolute Gasteiger partial charge is 0.276 e. The number of pyridine rings is 2. The minimum Gasteiger partial charge on any atom is -0.276 e. The van der Waals surface area contributed by atoms with E-state index in [9.17, 15) is 5.26 Å². The Kier molecular flexibility index (Phi) is 3.58. The van der Waals surface area contributed by atoms with Crippen LogP contribution in [0.3, 0.4) is 0 Å². The first-order valence-electron chi connectivity index (χ1n) is 8.91. The van der Waals surface area contributed by atoms with Crippen molar-refractivity contribution in [3.63, 3.8) is 0 Å². The van der Waals surface area contributed by atoms with Crippen LogP contribution in [-0.4, -0.2) is 20.6 Å². The lowest BCUT2D eigenvalue weighted by Crippen LogP contribution is -2.06. The van der Waals surface area contributed by atoms with Gasteiger partial charge in [0.05, 0.1) is 22.8 Å². The highest BCUT2D eigenvalue weighted by molar-refractivity contribution is 5.87. The summed E-state index contributed by atoms with van der Waals surface area (Å²) in [6, 6.07) is 14.1. The molecule has 0 atom stereocenters. The maximum absolute atomic E-state index is 9.78. The van der Waals surface area contributed by atoms with Crippen molar-refractivity contribution in [3.8, 4) is 6.07 Å². The van der Waals surface area contributed by atoms with Crippen molar-refractivity contribution in [2.45, 2.75) is 19.3 Å². The number of aromatic nitrogens is 3. The molecule has 0 bridgehead atoms. The predicted octanol–water partition coefficient (Wildman–Crippen LogP) is 3.69. The molecular formula is C21H16N6. The Hall–Kier alpha value is -3.72. The van der Waals surface area contributed by atoms with Crippen LogP contribution >= 0.6 is 0 Å². The van der Waals surface area contributed by atoms with Crippen molar-refractivity contribution in [2.24, 2.45) is 5.10 Å². The second kappa shape index (κ2) is 6.22. The zero-order valence-electron chi connectivity index (χ0n) is 14.6. The number of hydrogen-bond acceptors (Lipinski definition) is 5. The van der Waals surface area contributed by atoms with Gasteiger partial charge in [0.1, 0.15) is 11.9 Å². The maximum atomic E-state index is 9.78. The lowest BCUT2D eigenvalue weighted by Gasteiger charge is -2.13. The molecule has 6 nitrogen and oxygen atoms in total. The first-order chi connectivity index (χ1) is 13.4. The number of nitriles is 1. The number of nitrogens with zero attached hydrogens (tertiary/aromatic N) is 5. The second-order valence-electron chi connectivity index (χ2n) is 6.56. The fourth-order valence-corrected chi connectivity index (χ4v) is 3.83. The van der Waals surface area contributed by atoms with Gasteiger partial charge < -0.3 is 0 Å². The van der Waals surface area contributed by atoms with Gasteiger partial charge in [-0.15, -0.1) is 0 Å². The smallest absolute Gasteiger partial charge is 0.157 e. The summed E-state index contributed by atoms with van der Waals surface area (Å²) in [5.74, 6) is 0.894. The maximum Gasteiger partial charge on any atom is 0.157 e. The zero-order valence-corrected chi connectivity index (χ0v) is 14.6. The Morgan fingerprint density at radius 1 is 1.15 bits per heavy atom. The molecule has 1 aromatic carbocycles. The highest BCUT2D eigenvalue weighted by Gasteiger charge is 2.25. The van der Waals surface area contributed by atoms with Crippen molar-refractivity contribution in [3.05, 3.63) is 71.0 Å². The number of anilines is 1. The summed E-state index contributed by atoms with van der Waals surface area (Å²) in [5.41, 5.74) is 9.61. The molecule has 1 N–H and O–H groups in total. The van der Waals surface area contributed by atoms with Crippen molar-refractivity contribution in [1.29, 1.82) is 5.26 Å². The molecule has 0 saturated carbocycles. The zero-order chi connectivity index (χ0) is 18.2. The SMILES string of the molecule is N#Cc1c2c(c(N/N=C\c3cccnc3)n3c1nc1ccccc13)CCC2. The molecule has 130 valence electrons. The molecule has 6 heteroatoms. The average Bonchev–Trinajstić information content (AvgIpc) is 3.33. The average molecular weight is 352 g/mol. The van der Waals surface area contributed by atoms with E-state index in [0.717, 1.165) is 52.8 Å². The van der Waals surface area contributed by atoms with Gasteiger partial charge in [0, 0.05) is 18.0 Å². The van der Waals surface area contributed by atoms with E-state index in [1.165, 1.54) is 0 Å². The van der Waals surface area contributed by atoms with E-state index in [1.54, 1.807) is 18.6 Å². The molecule has 0 fully saturated rings. The van der Waals surface area contributed by atoms with Gasteiger partial charge >= 0.3 is 0 Å². The fraction of sp³-hybridized carbons (Fsp3) is 0.143. The van der Waals surface area contributed by atoms with Gasteiger partial charge in [-0.05, 0) is 48.6 Å². The molecular weight excluding hydrogens is 336 g/mol. The minimum absolute atomic E-state index is 0.681. The van der Waals surface area contributed by atoms with Crippen LogP contribution in [0.5, 0.6) is 0 Å². The molecule has 0 radical (unpaired) electrons. The molecule has 1 aliphatic rings. The molecule has 0 amide bonds. The van der Waals surface area contributed by atoms with Gasteiger partial charge in [-0.1, -0.05) is 18.2 Å². The Bertz CT molecular complexity index is 1230. The standard InChI is InChI=1S/C21H16N6/c22-11-17-15-6-3-7-16(15)21(26-24-13-14-5-4-10-23-12-14)27-19-9-2-1-8-18(19)25-20(17)27/h1-2,4-5,8-10,12-13,26H,3,6-7H2/b24-13-. The topological polar surface area (TPSA) is 78.4 Å². The number of hydrogen-bond donors (Lipinski definition) is 1. The van der Waals surface area contributed by atoms with Gasteiger partial charge in [0.25, 0.3) is 0 Å². The third kappa shape index (κ3) is 2.44. The third-order valence-electron chi connectivity index (χ3n) is 4.99. The Labute approximate surface area is 155 Å². The highest BCUT2D eigenvalue weighted by atomic mass is 15.3. The van der Waals surface area contributed by atoms with Crippen LogP contribution in [0.2, 0.25) is 0 Å². The summed E-state index contributed by atoms with van der Waals surface area (Å²) in [6.45, 7) is 0. The van der Waals surface area contributed by atoms with E-state index in [0.29, 0.717) is 11.2 Å². The third-order valence-corrected chi connectivity index (χ3v) is 4.99. The van der Waals surface area contributed by atoms with Crippen LogP contribution in [-0.2, 0) is 12.8 Å². The molecule has 0 saturated heterocycles. The first kappa shape index (κ1) is 15.5. The molecule has 3 heterocycles. The predicted molar refractivity (Wildman–Crippen MR) is 105 cm³/mol. The van der Waals surface area contributed by atoms with Crippen molar-refractivity contribution >= 4 is 28.7 Å². The van der Waals surface area contributed by atoms with Gasteiger partial charge in [-0.25, -0.2) is 4.98 Å². The number of rotatable bonds is 3.